The minimum Gasteiger partial charge on any atom is -0.367 e. The van der Waals surface area contributed by atoms with Gasteiger partial charge in [0.25, 0.3) is 0 Å². The van der Waals surface area contributed by atoms with Crippen molar-refractivity contribution in [1.82, 2.24) is 5.16 Å². The van der Waals surface area contributed by atoms with Crippen LogP contribution in [-0.4, -0.2) is 5.16 Å². The van der Waals surface area contributed by atoms with E-state index < -0.39 is 0 Å². The third-order valence-corrected chi connectivity index (χ3v) is 2.86. The summed E-state index contributed by atoms with van der Waals surface area (Å²) in [5.74, 6) is 0.418. The molecule has 1 aromatic heterocycles. The summed E-state index contributed by atoms with van der Waals surface area (Å²) in [6, 6.07) is 8.25. The van der Waals surface area contributed by atoms with Gasteiger partial charge in [-0.2, -0.15) is 0 Å². The highest BCUT2D eigenvalue weighted by atomic mass is 16.5. The number of aryl methyl sites for hydroxylation is 2. The van der Waals surface area contributed by atoms with Gasteiger partial charge in [-0.15, -0.1) is 0 Å². The van der Waals surface area contributed by atoms with Gasteiger partial charge < -0.3 is 10.3 Å². The van der Waals surface area contributed by atoms with Gasteiger partial charge in [-0.05, 0) is 25.3 Å². The van der Waals surface area contributed by atoms with Crippen LogP contribution >= 0.6 is 0 Å². The summed E-state index contributed by atoms with van der Waals surface area (Å²) in [6.07, 6.45) is 3.16. The van der Waals surface area contributed by atoms with Crippen molar-refractivity contribution in [2.75, 3.05) is 5.73 Å². The topological polar surface area (TPSA) is 52.0 Å². The standard InChI is InChI=1S/C14H18N2O/c1-3-4-8-12-13(14(15)17-16-12)11-7-5-6-10(2)9-11/h5-7,9H,3-4,8,15H2,1-2H3. The Labute approximate surface area is 102 Å². The SMILES string of the molecule is CCCCc1noc(N)c1-c1cccc(C)c1. The molecular formula is C14H18N2O. The highest BCUT2D eigenvalue weighted by Gasteiger charge is 2.14. The predicted octanol–water partition coefficient (Wildman–Crippen LogP) is 3.57. The lowest BCUT2D eigenvalue weighted by molar-refractivity contribution is 0.426. The minimum absolute atomic E-state index is 0.418. The summed E-state index contributed by atoms with van der Waals surface area (Å²) in [4.78, 5) is 0. The van der Waals surface area contributed by atoms with E-state index in [1.807, 2.05) is 12.1 Å². The van der Waals surface area contributed by atoms with E-state index in [2.05, 4.69) is 31.1 Å². The summed E-state index contributed by atoms with van der Waals surface area (Å²) in [5.41, 5.74) is 10.1. The second kappa shape index (κ2) is 5.04. The lowest BCUT2D eigenvalue weighted by atomic mass is 10.0. The third-order valence-electron chi connectivity index (χ3n) is 2.86. The number of rotatable bonds is 4. The number of benzene rings is 1. The van der Waals surface area contributed by atoms with Crippen LogP contribution in [-0.2, 0) is 6.42 Å². The Kier molecular flexibility index (Phi) is 3.47. The molecule has 0 aliphatic carbocycles. The molecule has 0 unspecified atom stereocenters. The normalized spacial score (nSPS) is 10.7. The molecule has 3 nitrogen and oxygen atoms in total. The Morgan fingerprint density at radius 3 is 2.88 bits per heavy atom. The quantitative estimate of drug-likeness (QED) is 0.873. The van der Waals surface area contributed by atoms with Crippen LogP contribution in [0.15, 0.2) is 28.8 Å². The maximum atomic E-state index is 5.87. The van der Waals surface area contributed by atoms with Crippen LogP contribution in [0.1, 0.15) is 31.0 Å². The van der Waals surface area contributed by atoms with Gasteiger partial charge in [0.05, 0.1) is 11.3 Å². The van der Waals surface area contributed by atoms with Crippen LogP contribution in [0, 0.1) is 6.92 Å². The molecule has 90 valence electrons. The number of anilines is 1. The fourth-order valence-electron chi connectivity index (χ4n) is 1.96. The Balaban J connectivity index is 2.39. The van der Waals surface area contributed by atoms with E-state index in [0.29, 0.717) is 5.88 Å². The summed E-state index contributed by atoms with van der Waals surface area (Å²) < 4.78 is 5.11. The van der Waals surface area contributed by atoms with Crippen molar-refractivity contribution in [1.29, 1.82) is 0 Å². The Hall–Kier alpha value is -1.77. The molecule has 0 bridgehead atoms. The first-order valence-corrected chi connectivity index (χ1v) is 6.03. The molecule has 0 aliphatic rings. The molecule has 1 heterocycles. The van der Waals surface area contributed by atoms with E-state index in [4.69, 9.17) is 10.3 Å². The molecule has 1 aromatic carbocycles. The number of hydrogen-bond donors (Lipinski definition) is 1. The molecule has 0 spiro atoms. The summed E-state index contributed by atoms with van der Waals surface area (Å²) >= 11 is 0. The van der Waals surface area contributed by atoms with Crippen molar-refractivity contribution >= 4 is 5.88 Å². The fourth-order valence-corrected chi connectivity index (χ4v) is 1.96. The van der Waals surface area contributed by atoms with Crippen LogP contribution in [0.5, 0.6) is 0 Å². The zero-order chi connectivity index (χ0) is 12.3. The lowest BCUT2D eigenvalue weighted by Gasteiger charge is -2.03. The molecule has 0 atom stereocenters. The monoisotopic (exact) mass is 230 g/mol. The van der Waals surface area contributed by atoms with Gasteiger partial charge in [-0.1, -0.05) is 48.3 Å². The first-order valence-electron chi connectivity index (χ1n) is 6.03. The van der Waals surface area contributed by atoms with Crippen molar-refractivity contribution in [3.05, 3.63) is 35.5 Å². The lowest BCUT2D eigenvalue weighted by Crippen LogP contribution is -1.91. The maximum absolute atomic E-state index is 5.87. The molecule has 0 saturated carbocycles. The van der Waals surface area contributed by atoms with Crippen molar-refractivity contribution < 1.29 is 4.52 Å². The molecule has 0 aliphatic heterocycles. The molecule has 2 N–H and O–H groups in total. The van der Waals surface area contributed by atoms with Crippen molar-refractivity contribution in [2.45, 2.75) is 33.1 Å². The van der Waals surface area contributed by atoms with Gasteiger partial charge in [-0.3, -0.25) is 0 Å². The molecule has 0 fully saturated rings. The van der Waals surface area contributed by atoms with Gasteiger partial charge >= 0.3 is 0 Å². The van der Waals surface area contributed by atoms with E-state index in [1.165, 1.54) is 5.56 Å². The number of nitrogens with two attached hydrogens (primary N) is 1. The number of aromatic nitrogens is 1. The average molecular weight is 230 g/mol. The smallest absolute Gasteiger partial charge is 0.230 e. The van der Waals surface area contributed by atoms with Gasteiger partial charge in [0.15, 0.2) is 0 Å². The summed E-state index contributed by atoms with van der Waals surface area (Å²) in [7, 11) is 0. The van der Waals surface area contributed by atoms with Crippen molar-refractivity contribution in [3.63, 3.8) is 0 Å². The number of unbranched alkanes of at least 4 members (excludes halogenated alkanes) is 1. The Morgan fingerprint density at radius 2 is 2.18 bits per heavy atom. The van der Waals surface area contributed by atoms with Crippen molar-refractivity contribution in [2.24, 2.45) is 0 Å². The Bertz CT molecular complexity index is 503. The molecule has 2 rings (SSSR count). The number of nitrogen functional groups attached to an aromatic ring is 1. The van der Waals surface area contributed by atoms with Gasteiger partial charge in [0.1, 0.15) is 0 Å². The molecule has 2 aromatic rings. The summed E-state index contributed by atoms with van der Waals surface area (Å²) in [5, 5.41) is 4.06. The van der Waals surface area contributed by atoms with E-state index in [0.717, 1.165) is 36.1 Å². The van der Waals surface area contributed by atoms with Gasteiger partial charge in [0.2, 0.25) is 5.88 Å². The van der Waals surface area contributed by atoms with E-state index >= 15 is 0 Å². The van der Waals surface area contributed by atoms with E-state index in [1.54, 1.807) is 0 Å². The first kappa shape index (κ1) is 11.7. The van der Waals surface area contributed by atoms with Crippen molar-refractivity contribution in [3.8, 4) is 11.1 Å². The van der Waals surface area contributed by atoms with Crippen LogP contribution in [0.4, 0.5) is 5.88 Å². The third kappa shape index (κ3) is 2.49. The molecule has 0 saturated heterocycles. The van der Waals surface area contributed by atoms with Gasteiger partial charge in [-0.25, -0.2) is 0 Å². The number of nitrogens with zero attached hydrogens (tertiary/aromatic N) is 1. The average Bonchev–Trinajstić information content (AvgIpc) is 2.68. The molecule has 17 heavy (non-hydrogen) atoms. The van der Waals surface area contributed by atoms with Crippen LogP contribution in [0.3, 0.4) is 0 Å². The van der Waals surface area contributed by atoms with E-state index in [-0.39, 0.29) is 0 Å². The second-order valence-electron chi connectivity index (χ2n) is 4.34. The predicted molar refractivity (Wildman–Crippen MR) is 69.7 cm³/mol. The second-order valence-corrected chi connectivity index (χ2v) is 4.34. The van der Waals surface area contributed by atoms with Crippen LogP contribution in [0.25, 0.3) is 11.1 Å². The van der Waals surface area contributed by atoms with Crippen LogP contribution < -0.4 is 5.73 Å². The highest BCUT2D eigenvalue weighted by Crippen LogP contribution is 2.30. The van der Waals surface area contributed by atoms with Crippen LogP contribution in [0.2, 0.25) is 0 Å². The molecular weight excluding hydrogens is 212 g/mol. The largest absolute Gasteiger partial charge is 0.367 e. The zero-order valence-corrected chi connectivity index (χ0v) is 10.4. The highest BCUT2D eigenvalue weighted by molar-refractivity contribution is 5.75. The van der Waals surface area contributed by atoms with Gasteiger partial charge in [0, 0.05) is 0 Å². The zero-order valence-electron chi connectivity index (χ0n) is 10.4. The fraction of sp³-hybridized carbons (Fsp3) is 0.357. The summed E-state index contributed by atoms with van der Waals surface area (Å²) in [6.45, 7) is 4.23. The molecule has 0 radical (unpaired) electrons. The minimum atomic E-state index is 0.418. The molecule has 3 heteroatoms. The molecule has 0 amide bonds. The maximum Gasteiger partial charge on any atom is 0.230 e. The first-order chi connectivity index (χ1) is 8.22. The number of hydrogen-bond acceptors (Lipinski definition) is 3. The Morgan fingerprint density at radius 1 is 1.35 bits per heavy atom. The van der Waals surface area contributed by atoms with E-state index in [9.17, 15) is 0 Å².